The van der Waals surface area contributed by atoms with Crippen molar-refractivity contribution in [3.63, 3.8) is 0 Å². The number of hydrogen-bond donors (Lipinski definition) is 3. The first-order valence-electron chi connectivity index (χ1n) is 14.3. The van der Waals surface area contributed by atoms with E-state index in [0.29, 0.717) is 35.7 Å². The summed E-state index contributed by atoms with van der Waals surface area (Å²) in [6.07, 6.45) is -0.233. The van der Waals surface area contributed by atoms with Gasteiger partial charge in [-0.15, -0.1) is 0 Å². The molecule has 0 fully saturated rings. The number of carbonyl (C=O) groups excluding carboxylic acids is 1. The number of aliphatic hydroxyl groups is 1. The molecule has 45 heavy (non-hydrogen) atoms. The van der Waals surface area contributed by atoms with Gasteiger partial charge in [0.15, 0.2) is 11.6 Å². The number of aliphatic imine (C=N–C) groups is 1. The van der Waals surface area contributed by atoms with Crippen LogP contribution in [-0.2, 0) is 22.5 Å². The minimum atomic E-state index is -1.53. The fourth-order valence-electron chi connectivity index (χ4n) is 5.01. The Labute approximate surface area is 268 Å². The summed E-state index contributed by atoms with van der Waals surface area (Å²) in [5.41, 5.74) is 6.05. The molecule has 0 aliphatic carbocycles. The van der Waals surface area contributed by atoms with Gasteiger partial charge in [0.05, 0.1) is 13.7 Å². The molecule has 0 aromatic heterocycles. The van der Waals surface area contributed by atoms with Crippen molar-refractivity contribution in [2.24, 2.45) is 4.99 Å². The molecule has 5 rings (SSSR count). The van der Waals surface area contributed by atoms with Crippen molar-refractivity contribution in [2.45, 2.75) is 31.0 Å². The van der Waals surface area contributed by atoms with Gasteiger partial charge in [-0.25, -0.2) is 19.2 Å². The molecule has 4 aromatic rings. The van der Waals surface area contributed by atoms with Crippen molar-refractivity contribution in [2.75, 3.05) is 20.3 Å². The normalized spacial score (nSPS) is 17.4. The van der Waals surface area contributed by atoms with E-state index in [4.69, 9.17) is 24.3 Å². The maximum absolute atomic E-state index is 14.3. The molecular formula is C34H32BrF2N3O5. The van der Waals surface area contributed by atoms with Gasteiger partial charge in [0.1, 0.15) is 23.1 Å². The van der Waals surface area contributed by atoms with E-state index in [-0.39, 0.29) is 31.0 Å². The Bertz CT molecular complexity index is 1650. The van der Waals surface area contributed by atoms with E-state index < -0.39 is 29.2 Å². The third-order valence-electron chi connectivity index (χ3n) is 7.30. The average molecular weight is 681 g/mol. The van der Waals surface area contributed by atoms with Crippen LogP contribution in [-0.4, -0.2) is 42.8 Å². The van der Waals surface area contributed by atoms with Crippen LogP contribution in [0.15, 0.2) is 100 Å². The highest BCUT2D eigenvalue weighted by Crippen LogP contribution is 2.43. The Kier molecular flexibility index (Phi) is 10.4. The topological polar surface area (TPSA) is 101 Å². The van der Waals surface area contributed by atoms with Crippen LogP contribution in [0.5, 0.6) is 11.5 Å². The fraction of sp³-hybridized carbons (Fsp3) is 0.235. The van der Waals surface area contributed by atoms with Gasteiger partial charge < -0.3 is 19.3 Å². The number of nitrogens with one attached hydrogen (secondary N) is 2. The van der Waals surface area contributed by atoms with E-state index in [9.17, 15) is 13.6 Å². The lowest BCUT2D eigenvalue weighted by atomic mass is 9.82. The number of benzene rings is 4. The number of carbonyl (C=O) groups is 1. The van der Waals surface area contributed by atoms with Crippen molar-refractivity contribution in [3.8, 4) is 11.5 Å². The van der Waals surface area contributed by atoms with Gasteiger partial charge in [-0.3, -0.25) is 10.2 Å². The number of nitrogens with zero attached hydrogens (tertiary/aromatic N) is 1. The van der Waals surface area contributed by atoms with Crippen LogP contribution in [0.1, 0.15) is 34.8 Å². The Morgan fingerprint density at radius 3 is 2.53 bits per heavy atom. The van der Waals surface area contributed by atoms with Crippen LogP contribution in [0.2, 0.25) is 0 Å². The number of ether oxygens (including phenoxy) is 3. The van der Waals surface area contributed by atoms with Crippen LogP contribution in [0.3, 0.4) is 0 Å². The molecular weight excluding hydrogens is 648 g/mol. The maximum Gasteiger partial charge on any atom is 0.266 e. The Balaban J connectivity index is 1.53. The Morgan fingerprint density at radius 1 is 1.02 bits per heavy atom. The van der Waals surface area contributed by atoms with Gasteiger partial charge in [-0.05, 0) is 77.9 Å². The van der Waals surface area contributed by atoms with Gasteiger partial charge in [-0.1, -0.05) is 40.2 Å². The SMILES string of the molecule is COc1cccc([C@@H]2OC(c3ccc(OCCCO)cc3)=N[C@]2(Cc2ccc(Br)cc2)C(=O)NNCc2cc(F)ccc2F)c1. The number of rotatable bonds is 13. The molecule has 0 saturated carbocycles. The lowest BCUT2D eigenvalue weighted by Crippen LogP contribution is -2.53. The van der Waals surface area contributed by atoms with E-state index in [2.05, 4.69) is 26.8 Å². The zero-order chi connectivity index (χ0) is 31.8. The molecule has 0 spiro atoms. The minimum absolute atomic E-state index is 0.0307. The summed E-state index contributed by atoms with van der Waals surface area (Å²) in [6, 6.07) is 25.0. The molecule has 11 heteroatoms. The third kappa shape index (κ3) is 7.67. The number of hydrogen-bond acceptors (Lipinski definition) is 7. The molecule has 0 bridgehead atoms. The first-order valence-corrected chi connectivity index (χ1v) is 15.1. The first kappa shape index (κ1) is 32.1. The summed E-state index contributed by atoms with van der Waals surface area (Å²) < 4.78 is 46.6. The first-order chi connectivity index (χ1) is 21.8. The van der Waals surface area contributed by atoms with Crippen LogP contribution in [0.25, 0.3) is 0 Å². The third-order valence-corrected chi connectivity index (χ3v) is 7.83. The van der Waals surface area contributed by atoms with Crippen LogP contribution in [0, 0.1) is 11.6 Å². The molecule has 1 aliphatic heterocycles. The molecule has 0 unspecified atom stereocenters. The number of hydrazine groups is 1. The standard InChI is InChI=1S/C34H32BrF2N3O5/c1-43-29-5-2-4-24(19-29)31-34(20-22-6-10-26(35)11-7-22,33(42)40-38-21-25-18-27(36)12-15-30(25)37)39-32(45-31)23-8-13-28(14-9-23)44-17-3-16-41/h2,4-15,18-19,31,38,41H,3,16-17,20-21H2,1H3,(H,40,42)/t31-,34-/m0/s1. The minimum Gasteiger partial charge on any atom is -0.497 e. The molecule has 0 saturated heterocycles. The number of methoxy groups -OCH3 is 1. The highest BCUT2D eigenvalue weighted by molar-refractivity contribution is 9.10. The predicted octanol–water partition coefficient (Wildman–Crippen LogP) is 5.82. The van der Waals surface area contributed by atoms with Crippen molar-refractivity contribution in [1.82, 2.24) is 10.9 Å². The predicted molar refractivity (Wildman–Crippen MR) is 169 cm³/mol. The van der Waals surface area contributed by atoms with Crippen LogP contribution >= 0.6 is 15.9 Å². The maximum atomic E-state index is 14.3. The van der Waals surface area contributed by atoms with Gasteiger partial charge >= 0.3 is 0 Å². The second kappa shape index (κ2) is 14.6. The molecule has 0 radical (unpaired) electrons. The smallest absolute Gasteiger partial charge is 0.266 e. The zero-order valence-electron chi connectivity index (χ0n) is 24.4. The summed E-state index contributed by atoms with van der Waals surface area (Å²) in [5, 5.41) is 9.04. The van der Waals surface area contributed by atoms with Crippen molar-refractivity contribution < 1.29 is 32.9 Å². The fourth-order valence-corrected chi connectivity index (χ4v) is 5.27. The quantitative estimate of drug-likeness (QED) is 0.122. The zero-order valence-corrected chi connectivity index (χ0v) is 26.0. The van der Waals surface area contributed by atoms with Crippen LogP contribution < -0.4 is 20.3 Å². The lowest BCUT2D eigenvalue weighted by molar-refractivity contribution is -0.130. The molecule has 1 aliphatic rings. The summed E-state index contributed by atoms with van der Waals surface area (Å²) in [6.45, 7) is 0.236. The molecule has 1 amide bonds. The van der Waals surface area contributed by atoms with Gasteiger partial charge in [0.25, 0.3) is 5.91 Å². The summed E-state index contributed by atoms with van der Waals surface area (Å²) >= 11 is 3.46. The second-order valence-electron chi connectivity index (χ2n) is 10.4. The van der Waals surface area contributed by atoms with Gasteiger partial charge in [0, 0.05) is 41.6 Å². The molecule has 8 nitrogen and oxygen atoms in total. The molecule has 2 atom stereocenters. The number of aliphatic hydroxyl groups excluding tert-OH is 1. The lowest BCUT2D eigenvalue weighted by Gasteiger charge is -2.31. The molecule has 234 valence electrons. The Hall–Kier alpha value is -4.32. The average Bonchev–Trinajstić information content (AvgIpc) is 3.44. The van der Waals surface area contributed by atoms with E-state index in [1.165, 1.54) is 0 Å². The van der Waals surface area contributed by atoms with Gasteiger partial charge in [0.2, 0.25) is 5.90 Å². The monoisotopic (exact) mass is 679 g/mol. The van der Waals surface area contributed by atoms with E-state index in [1.807, 2.05) is 30.3 Å². The Morgan fingerprint density at radius 2 is 1.80 bits per heavy atom. The molecule has 3 N–H and O–H groups in total. The van der Waals surface area contributed by atoms with Crippen molar-refractivity contribution in [3.05, 3.63) is 129 Å². The van der Waals surface area contributed by atoms with Crippen molar-refractivity contribution >= 4 is 27.7 Å². The van der Waals surface area contributed by atoms with Gasteiger partial charge in [-0.2, -0.15) is 0 Å². The number of halogens is 3. The summed E-state index contributed by atoms with van der Waals surface area (Å²) in [7, 11) is 1.55. The van der Waals surface area contributed by atoms with Crippen LogP contribution in [0.4, 0.5) is 8.78 Å². The van der Waals surface area contributed by atoms with E-state index in [0.717, 1.165) is 28.2 Å². The highest BCUT2D eigenvalue weighted by Gasteiger charge is 2.53. The second-order valence-corrected chi connectivity index (χ2v) is 11.3. The van der Waals surface area contributed by atoms with E-state index in [1.54, 1.807) is 49.6 Å². The molecule has 4 aromatic carbocycles. The summed E-state index contributed by atoms with van der Waals surface area (Å²) in [5.74, 6) is -0.297. The molecule has 1 heterocycles. The van der Waals surface area contributed by atoms with Crippen molar-refractivity contribution in [1.29, 1.82) is 0 Å². The van der Waals surface area contributed by atoms with E-state index >= 15 is 0 Å². The number of amides is 1. The largest absolute Gasteiger partial charge is 0.497 e. The summed E-state index contributed by atoms with van der Waals surface area (Å²) in [4.78, 5) is 19.3. The highest BCUT2D eigenvalue weighted by atomic mass is 79.9.